The highest BCUT2D eigenvalue weighted by molar-refractivity contribution is 7.09. The Hall–Kier alpha value is -1.39. The van der Waals surface area contributed by atoms with Crippen molar-refractivity contribution in [1.29, 1.82) is 0 Å². The van der Waals surface area contributed by atoms with Gasteiger partial charge < -0.3 is 10.0 Å². The first-order chi connectivity index (χ1) is 9.24. The Balaban J connectivity index is 1.91. The monoisotopic (exact) mass is 274 g/mol. The minimum atomic E-state index is -0.335. The molecular formula is C15H18N2OS. The summed E-state index contributed by atoms with van der Waals surface area (Å²) in [5, 5.41) is 13.4. The number of hydrogen-bond acceptors (Lipinski definition) is 4. The average molecular weight is 274 g/mol. The number of benzene rings is 1. The van der Waals surface area contributed by atoms with Gasteiger partial charge in [-0.25, -0.2) is 4.98 Å². The maximum absolute atomic E-state index is 10.2. The van der Waals surface area contributed by atoms with E-state index in [1.807, 2.05) is 25.1 Å². The van der Waals surface area contributed by atoms with E-state index in [-0.39, 0.29) is 6.10 Å². The number of aromatic nitrogens is 1. The number of aryl methyl sites for hydroxylation is 1. The van der Waals surface area contributed by atoms with E-state index in [1.54, 1.807) is 11.3 Å². The van der Waals surface area contributed by atoms with Crippen LogP contribution < -0.4 is 4.90 Å². The van der Waals surface area contributed by atoms with Gasteiger partial charge in [-0.2, -0.15) is 0 Å². The molecule has 2 heterocycles. The summed E-state index contributed by atoms with van der Waals surface area (Å²) in [6, 6.07) is 8.17. The SMILES string of the molecule is Cc1nc(CN2CCCC(O)c3ccccc32)cs1. The molecule has 0 saturated carbocycles. The normalized spacial score (nSPS) is 19.1. The third-order valence-corrected chi connectivity index (χ3v) is 4.38. The number of thiazole rings is 1. The van der Waals surface area contributed by atoms with Gasteiger partial charge in [0.1, 0.15) is 0 Å². The van der Waals surface area contributed by atoms with E-state index in [0.29, 0.717) is 0 Å². The van der Waals surface area contributed by atoms with Crippen LogP contribution in [-0.2, 0) is 6.54 Å². The van der Waals surface area contributed by atoms with Gasteiger partial charge in [-0.15, -0.1) is 11.3 Å². The van der Waals surface area contributed by atoms with Crippen molar-refractivity contribution in [3.63, 3.8) is 0 Å². The van der Waals surface area contributed by atoms with Crippen LogP contribution in [0.4, 0.5) is 5.69 Å². The van der Waals surface area contributed by atoms with Gasteiger partial charge in [-0.3, -0.25) is 0 Å². The number of aliphatic hydroxyl groups is 1. The molecule has 0 saturated heterocycles. The predicted molar refractivity (Wildman–Crippen MR) is 78.5 cm³/mol. The molecule has 0 aliphatic carbocycles. The van der Waals surface area contributed by atoms with Crippen LogP contribution in [0, 0.1) is 6.92 Å². The minimum absolute atomic E-state index is 0.335. The van der Waals surface area contributed by atoms with E-state index >= 15 is 0 Å². The molecule has 19 heavy (non-hydrogen) atoms. The second kappa shape index (κ2) is 5.31. The van der Waals surface area contributed by atoms with Crippen molar-refractivity contribution in [3.8, 4) is 0 Å². The second-order valence-corrected chi connectivity index (χ2v) is 6.06. The van der Waals surface area contributed by atoms with Crippen molar-refractivity contribution in [1.82, 2.24) is 4.98 Å². The second-order valence-electron chi connectivity index (χ2n) is 5.00. The van der Waals surface area contributed by atoms with Crippen LogP contribution in [0.1, 0.15) is 35.2 Å². The summed E-state index contributed by atoms with van der Waals surface area (Å²) in [5.41, 5.74) is 3.32. The van der Waals surface area contributed by atoms with E-state index in [2.05, 4.69) is 21.3 Å². The zero-order chi connectivity index (χ0) is 13.2. The van der Waals surface area contributed by atoms with Crippen LogP contribution in [-0.4, -0.2) is 16.6 Å². The maximum atomic E-state index is 10.2. The summed E-state index contributed by atoms with van der Waals surface area (Å²) in [4.78, 5) is 6.88. The molecule has 3 nitrogen and oxygen atoms in total. The van der Waals surface area contributed by atoms with Crippen molar-refractivity contribution in [2.75, 3.05) is 11.4 Å². The smallest absolute Gasteiger partial charge is 0.0898 e. The Morgan fingerprint density at radius 2 is 2.26 bits per heavy atom. The molecule has 0 amide bonds. The highest BCUT2D eigenvalue weighted by atomic mass is 32.1. The number of nitrogens with zero attached hydrogens (tertiary/aromatic N) is 2. The van der Waals surface area contributed by atoms with Crippen molar-refractivity contribution in [2.24, 2.45) is 0 Å². The summed E-state index contributed by atoms with van der Waals surface area (Å²) >= 11 is 1.69. The van der Waals surface area contributed by atoms with Gasteiger partial charge >= 0.3 is 0 Å². The van der Waals surface area contributed by atoms with Crippen molar-refractivity contribution < 1.29 is 5.11 Å². The Morgan fingerprint density at radius 1 is 1.42 bits per heavy atom. The molecule has 1 aliphatic rings. The first-order valence-electron chi connectivity index (χ1n) is 6.67. The predicted octanol–water partition coefficient (Wildman–Crippen LogP) is 3.29. The number of fused-ring (bicyclic) bond motifs is 1. The van der Waals surface area contributed by atoms with Crippen LogP contribution in [0.15, 0.2) is 29.6 Å². The molecule has 0 fully saturated rings. The molecule has 4 heteroatoms. The van der Waals surface area contributed by atoms with Gasteiger partial charge in [0.2, 0.25) is 0 Å². The molecule has 1 aromatic heterocycles. The molecule has 1 atom stereocenters. The highest BCUT2D eigenvalue weighted by Crippen LogP contribution is 2.33. The fraction of sp³-hybridized carbons (Fsp3) is 0.400. The molecule has 1 N–H and O–H groups in total. The summed E-state index contributed by atoms with van der Waals surface area (Å²) in [6.07, 6.45) is 1.51. The zero-order valence-electron chi connectivity index (χ0n) is 11.0. The third-order valence-electron chi connectivity index (χ3n) is 3.56. The zero-order valence-corrected chi connectivity index (χ0v) is 11.9. The molecular weight excluding hydrogens is 256 g/mol. The van der Waals surface area contributed by atoms with Crippen molar-refractivity contribution in [2.45, 2.75) is 32.4 Å². The first-order valence-corrected chi connectivity index (χ1v) is 7.55. The molecule has 1 aliphatic heterocycles. The lowest BCUT2D eigenvalue weighted by atomic mass is 10.0. The lowest BCUT2D eigenvalue weighted by molar-refractivity contribution is 0.168. The molecule has 100 valence electrons. The van der Waals surface area contributed by atoms with E-state index in [9.17, 15) is 5.11 Å². The molecule has 3 rings (SSSR count). The largest absolute Gasteiger partial charge is 0.388 e. The lowest BCUT2D eigenvalue weighted by Gasteiger charge is -2.24. The Morgan fingerprint density at radius 3 is 3.05 bits per heavy atom. The molecule has 2 aromatic rings. The number of aliphatic hydroxyl groups excluding tert-OH is 1. The van der Waals surface area contributed by atoms with Crippen LogP contribution in [0.2, 0.25) is 0 Å². The van der Waals surface area contributed by atoms with E-state index < -0.39 is 0 Å². The van der Waals surface area contributed by atoms with Gasteiger partial charge in [0.25, 0.3) is 0 Å². The van der Waals surface area contributed by atoms with Crippen LogP contribution in [0.3, 0.4) is 0 Å². The van der Waals surface area contributed by atoms with E-state index in [4.69, 9.17) is 0 Å². The van der Waals surface area contributed by atoms with Crippen molar-refractivity contribution in [3.05, 3.63) is 45.9 Å². The van der Waals surface area contributed by atoms with Crippen LogP contribution >= 0.6 is 11.3 Å². The number of anilines is 1. The summed E-state index contributed by atoms with van der Waals surface area (Å²) in [5.74, 6) is 0. The van der Waals surface area contributed by atoms with E-state index in [1.165, 1.54) is 0 Å². The highest BCUT2D eigenvalue weighted by Gasteiger charge is 2.21. The molecule has 0 radical (unpaired) electrons. The van der Waals surface area contributed by atoms with Crippen LogP contribution in [0.25, 0.3) is 0 Å². The topological polar surface area (TPSA) is 36.4 Å². The number of hydrogen-bond donors (Lipinski definition) is 1. The maximum Gasteiger partial charge on any atom is 0.0898 e. The number of para-hydroxylation sites is 1. The Labute approximate surface area is 117 Å². The number of rotatable bonds is 2. The average Bonchev–Trinajstić information content (AvgIpc) is 2.75. The van der Waals surface area contributed by atoms with Gasteiger partial charge in [0.15, 0.2) is 0 Å². The van der Waals surface area contributed by atoms with Gasteiger partial charge in [0, 0.05) is 23.2 Å². The molecule has 1 aromatic carbocycles. The van der Waals surface area contributed by atoms with Gasteiger partial charge in [0.05, 0.1) is 23.4 Å². The Bertz CT molecular complexity index is 567. The standard InChI is InChI=1S/C15H18N2OS/c1-11-16-12(10-19-11)9-17-8-4-7-15(18)13-5-2-3-6-14(13)17/h2-3,5-6,10,15,18H,4,7-9H2,1H3. The van der Waals surface area contributed by atoms with Gasteiger partial charge in [-0.1, -0.05) is 18.2 Å². The quantitative estimate of drug-likeness (QED) is 0.913. The van der Waals surface area contributed by atoms with Crippen molar-refractivity contribution >= 4 is 17.0 Å². The summed E-state index contributed by atoms with van der Waals surface area (Å²) < 4.78 is 0. The fourth-order valence-corrected chi connectivity index (χ4v) is 3.25. The van der Waals surface area contributed by atoms with E-state index in [0.717, 1.165) is 47.9 Å². The lowest BCUT2D eigenvalue weighted by Crippen LogP contribution is -2.23. The first kappa shape index (κ1) is 12.6. The fourth-order valence-electron chi connectivity index (χ4n) is 2.65. The summed E-state index contributed by atoms with van der Waals surface area (Å²) in [7, 11) is 0. The molecule has 0 spiro atoms. The molecule has 1 unspecified atom stereocenters. The minimum Gasteiger partial charge on any atom is -0.388 e. The third kappa shape index (κ3) is 2.65. The van der Waals surface area contributed by atoms with Crippen LogP contribution in [0.5, 0.6) is 0 Å². The molecule has 0 bridgehead atoms. The van der Waals surface area contributed by atoms with Gasteiger partial charge in [-0.05, 0) is 25.8 Å². The Kier molecular flexibility index (Phi) is 3.53. The summed E-state index contributed by atoms with van der Waals surface area (Å²) in [6.45, 7) is 3.84.